The summed E-state index contributed by atoms with van der Waals surface area (Å²) in [6.07, 6.45) is 4.57. The van der Waals surface area contributed by atoms with Crippen LogP contribution in [0.15, 0.2) is 24.3 Å². The van der Waals surface area contributed by atoms with Crippen molar-refractivity contribution < 1.29 is 19.5 Å². The third-order valence-electron chi connectivity index (χ3n) is 2.94. The van der Waals surface area contributed by atoms with Crippen molar-refractivity contribution in [3.8, 4) is 0 Å². The average Bonchev–Trinajstić information content (AvgIpc) is 2.43. The largest absolute Gasteiger partial charge is 0.478 e. The van der Waals surface area contributed by atoms with Gasteiger partial charge in [0.25, 0.3) is 0 Å². The standard InChI is InChI=1S/C15H18INO4/c16-13(18)5-3-1-2-4-6-14(19)17-12-9-7-11(8-10-12)15(20)21/h7-10H,1-6H2,(H,17,19)(H,20,21). The first kappa shape index (κ1) is 17.6. The number of hydrogen-bond donors (Lipinski definition) is 2. The molecule has 6 heteroatoms. The molecule has 21 heavy (non-hydrogen) atoms. The second-order valence-corrected chi connectivity index (χ2v) is 5.90. The number of benzene rings is 1. The van der Waals surface area contributed by atoms with Crippen LogP contribution >= 0.6 is 22.6 Å². The fourth-order valence-electron chi connectivity index (χ4n) is 1.82. The van der Waals surface area contributed by atoms with Crippen molar-refractivity contribution in [2.75, 3.05) is 5.32 Å². The van der Waals surface area contributed by atoms with E-state index in [1.54, 1.807) is 34.7 Å². The van der Waals surface area contributed by atoms with E-state index in [1.807, 2.05) is 0 Å². The summed E-state index contributed by atoms with van der Waals surface area (Å²) in [5, 5.41) is 11.5. The molecule has 1 rings (SSSR count). The Morgan fingerprint density at radius 2 is 1.52 bits per heavy atom. The Bertz CT molecular complexity index is 499. The number of unbranched alkanes of at least 4 members (excludes halogenated alkanes) is 3. The highest BCUT2D eigenvalue weighted by Crippen LogP contribution is 2.12. The fraction of sp³-hybridized carbons (Fsp3) is 0.400. The van der Waals surface area contributed by atoms with Crippen molar-refractivity contribution in [3.05, 3.63) is 29.8 Å². The lowest BCUT2D eigenvalue weighted by atomic mass is 10.1. The number of hydrogen-bond acceptors (Lipinski definition) is 3. The number of halogens is 1. The van der Waals surface area contributed by atoms with Gasteiger partial charge in [0.15, 0.2) is 3.79 Å². The zero-order valence-electron chi connectivity index (χ0n) is 11.6. The van der Waals surface area contributed by atoms with E-state index in [1.165, 1.54) is 12.1 Å². The van der Waals surface area contributed by atoms with Gasteiger partial charge in [-0.1, -0.05) is 12.8 Å². The van der Waals surface area contributed by atoms with Gasteiger partial charge in [-0.2, -0.15) is 0 Å². The molecule has 0 fully saturated rings. The van der Waals surface area contributed by atoms with Gasteiger partial charge in [-0.3, -0.25) is 9.59 Å². The lowest BCUT2D eigenvalue weighted by molar-refractivity contribution is -0.116. The lowest BCUT2D eigenvalue weighted by Crippen LogP contribution is -2.11. The average molecular weight is 403 g/mol. The first-order chi connectivity index (χ1) is 9.99. The minimum absolute atomic E-state index is 0.0805. The Morgan fingerprint density at radius 1 is 0.952 bits per heavy atom. The second kappa shape index (κ2) is 9.49. The normalized spacial score (nSPS) is 10.1. The number of carbonyl (C=O) groups excluding carboxylic acids is 2. The highest BCUT2D eigenvalue weighted by Gasteiger charge is 2.05. The molecule has 1 amide bonds. The fourth-order valence-corrected chi connectivity index (χ4v) is 2.20. The molecule has 0 unspecified atom stereocenters. The van der Waals surface area contributed by atoms with Crippen molar-refractivity contribution in [1.29, 1.82) is 0 Å². The van der Waals surface area contributed by atoms with Gasteiger partial charge in [0.05, 0.1) is 5.56 Å². The van der Waals surface area contributed by atoms with Gasteiger partial charge >= 0.3 is 5.97 Å². The molecule has 114 valence electrons. The lowest BCUT2D eigenvalue weighted by Gasteiger charge is -2.05. The van der Waals surface area contributed by atoms with Gasteiger partial charge in [-0.15, -0.1) is 0 Å². The number of carbonyl (C=O) groups is 3. The molecule has 0 aliphatic carbocycles. The predicted molar refractivity (Wildman–Crippen MR) is 88.8 cm³/mol. The first-order valence-corrected chi connectivity index (χ1v) is 7.88. The monoisotopic (exact) mass is 403 g/mol. The molecule has 0 saturated carbocycles. The van der Waals surface area contributed by atoms with Gasteiger partial charge in [-0.25, -0.2) is 4.79 Å². The Kier molecular flexibility index (Phi) is 7.96. The number of carboxylic acid groups (broad SMARTS) is 1. The molecule has 5 nitrogen and oxygen atoms in total. The minimum atomic E-state index is -0.988. The molecule has 0 aliphatic heterocycles. The first-order valence-electron chi connectivity index (χ1n) is 6.80. The molecule has 0 atom stereocenters. The van der Waals surface area contributed by atoms with Crippen molar-refractivity contribution in [2.45, 2.75) is 38.5 Å². The van der Waals surface area contributed by atoms with Crippen LogP contribution in [0, 0.1) is 0 Å². The summed E-state index contributed by atoms with van der Waals surface area (Å²) in [5.41, 5.74) is 0.790. The van der Waals surface area contributed by atoms with E-state index in [0.29, 0.717) is 18.5 Å². The van der Waals surface area contributed by atoms with Crippen LogP contribution in [-0.2, 0) is 9.59 Å². The molecule has 2 N–H and O–H groups in total. The van der Waals surface area contributed by atoms with Crippen LogP contribution in [0.2, 0.25) is 0 Å². The Morgan fingerprint density at radius 3 is 2.05 bits per heavy atom. The van der Waals surface area contributed by atoms with Gasteiger partial charge in [0.2, 0.25) is 5.91 Å². The van der Waals surface area contributed by atoms with E-state index in [2.05, 4.69) is 5.32 Å². The molecule has 0 saturated heterocycles. The minimum Gasteiger partial charge on any atom is -0.478 e. The topological polar surface area (TPSA) is 83.5 Å². The molecular formula is C15H18INO4. The van der Waals surface area contributed by atoms with E-state index in [9.17, 15) is 14.4 Å². The molecule has 0 radical (unpaired) electrons. The third-order valence-corrected chi connectivity index (χ3v) is 3.48. The summed E-state index contributed by atoms with van der Waals surface area (Å²) in [6.45, 7) is 0. The van der Waals surface area contributed by atoms with Crippen LogP contribution in [0.4, 0.5) is 5.69 Å². The molecule has 0 aliphatic rings. The van der Waals surface area contributed by atoms with E-state index >= 15 is 0 Å². The number of anilines is 1. The summed E-state index contributed by atoms with van der Waals surface area (Å²) >= 11 is 1.79. The summed E-state index contributed by atoms with van der Waals surface area (Å²) < 4.78 is 0.176. The van der Waals surface area contributed by atoms with E-state index in [4.69, 9.17) is 5.11 Å². The SMILES string of the molecule is O=C(I)CCCCCCC(=O)Nc1ccc(C(=O)O)cc1. The summed E-state index contributed by atoms with van der Waals surface area (Å²) in [4.78, 5) is 33.1. The van der Waals surface area contributed by atoms with Crippen molar-refractivity contribution in [3.63, 3.8) is 0 Å². The quantitative estimate of drug-likeness (QED) is 0.375. The number of aromatic carboxylic acids is 1. The van der Waals surface area contributed by atoms with Crippen molar-refractivity contribution >= 4 is 43.9 Å². The Hall–Kier alpha value is -1.44. The predicted octanol–water partition coefficient (Wildman–Crippen LogP) is 3.63. The Balaban J connectivity index is 2.21. The zero-order valence-corrected chi connectivity index (χ0v) is 13.8. The third kappa shape index (κ3) is 7.79. The second-order valence-electron chi connectivity index (χ2n) is 4.70. The molecular weight excluding hydrogens is 385 g/mol. The molecule has 1 aromatic carbocycles. The highest BCUT2D eigenvalue weighted by atomic mass is 127. The summed E-state index contributed by atoms with van der Waals surface area (Å²) in [6, 6.07) is 6.07. The molecule has 0 heterocycles. The molecule has 1 aromatic rings. The smallest absolute Gasteiger partial charge is 0.335 e. The Labute approximate surface area is 137 Å². The van der Waals surface area contributed by atoms with Crippen LogP contribution in [0.3, 0.4) is 0 Å². The number of nitrogens with one attached hydrogen (secondary N) is 1. The number of rotatable bonds is 9. The van der Waals surface area contributed by atoms with Gasteiger partial charge in [0, 0.05) is 18.5 Å². The van der Waals surface area contributed by atoms with Crippen LogP contribution < -0.4 is 5.32 Å². The van der Waals surface area contributed by atoms with Gasteiger partial charge in [0.1, 0.15) is 0 Å². The van der Waals surface area contributed by atoms with E-state index in [0.717, 1.165) is 25.7 Å². The maximum absolute atomic E-state index is 11.7. The van der Waals surface area contributed by atoms with Crippen molar-refractivity contribution in [1.82, 2.24) is 0 Å². The van der Waals surface area contributed by atoms with E-state index < -0.39 is 5.97 Å². The number of carboxylic acids is 1. The molecule has 0 spiro atoms. The van der Waals surface area contributed by atoms with Gasteiger partial charge in [-0.05, 0) is 59.7 Å². The maximum Gasteiger partial charge on any atom is 0.335 e. The van der Waals surface area contributed by atoms with Crippen LogP contribution in [0.25, 0.3) is 0 Å². The number of amides is 1. The van der Waals surface area contributed by atoms with Crippen molar-refractivity contribution in [2.24, 2.45) is 0 Å². The van der Waals surface area contributed by atoms with Crippen LogP contribution in [0.5, 0.6) is 0 Å². The highest BCUT2D eigenvalue weighted by molar-refractivity contribution is 14.1. The molecule has 0 aromatic heterocycles. The summed E-state index contributed by atoms with van der Waals surface area (Å²) in [5.74, 6) is -1.07. The maximum atomic E-state index is 11.7. The molecule has 0 bridgehead atoms. The summed E-state index contributed by atoms with van der Waals surface area (Å²) in [7, 11) is 0. The zero-order chi connectivity index (χ0) is 15.7. The van der Waals surface area contributed by atoms with Gasteiger partial charge < -0.3 is 10.4 Å². The van der Waals surface area contributed by atoms with Crippen LogP contribution in [0.1, 0.15) is 48.9 Å². The van der Waals surface area contributed by atoms with E-state index in [-0.39, 0.29) is 15.3 Å². The van der Waals surface area contributed by atoms with Crippen LogP contribution in [-0.4, -0.2) is 20.8 Å².